The Morgan fingerprint density at radius 1 is 1.43 bits per heavy atom. The fourth-order valence-electron chi connectivity index (χ4n) is 2.37. The quantitative estimate of drug-likeness (QED) is 0.304. The minimum Gasteiger partial charge on any atom is -0.385 e. The lowest BCUT2D eigenvalue weighted by Crippen LogP contribution is -2.26. The molecule has 2 atom stereocenters. The van der Waals surface area contributed by atoms with Crippen LogP contribution in [0.15, 0.2) is 11.1 Å². The molecule has 0 amide bonds. The van der Waals surface area contributed by atoms with Crippen LogP contribution in [0.3, 0.4) is 0 Å². The molecule has 13 heteroatoms. The first-order valence-corrected chi connectivity index (χ1v) is 10.5. The summed E-state index contributed by atoms with van der Waals surface area (Å²) in [4.78, 5) is 32.2. The largest absolute Gasteiger partial charge is 0.385 e. The molecule has 2 aromatic heterocycles. The van der Waals surface area contributed by atoms with Gasteiger partial charge in [-0.1, -0.05) is 0 Å². The first-order valence-electron chi connectivity index (χ1n) is 8.71. The SMILES string of the molecule is CCOC[C@H](Cn1cnc2c(=O)[nH]c(N)nc21)OCP(=O)(O)OCCCOC. The van der Waals surface area contributed by atoms with Crippen LogP contribution in [0.1, 0.15) is 13.3 Å². The molecule has 0 saturated heterocycles. The maximum absolute atomic E-state index is 12.1. The highest BCUT2D eigenvalue weighted by atomic mass is 31.2. The van der Waals surface area contributed by atoms with Crippen molar-refractivity contribution in [2.24, 2.45) is 0 Å². The van der Waals surface area contributed by atoms with Crippen LogP contribution in [-0.4, -0.2) is 70.4 Å². The van der Waals surface area contributed by atoms with Crippen LogP contribution in [-0.2, 0) is 29.8 Å². The number of fused-ring (bicyclic) bond motifs is 1. The van der Waals surface area contributed by atoms with Gasteiger partial charge in [-0.2, -0.15) is 4.98 Å². The Morgan fingerprint density at radius 2 is 2.21 bits per heavy atom. The summed E-state index contributed by atoms with van der Waals surface area (Å²) < 4.78 is 34.5. The number of hydrogen-bond donors (Lipinski definition) is 3. The van der Waals surface area contributed by atoms with Gasteiger partial charge < -0.3 is 33.9 Å². The number of nitrogen functional groups attached to an aromatic ring is 1. The van der Waals surface area contributed by atoms with Gasteiger partial charge in [0.1, 0.15) is 6.35 Å². The molecule has 2 aromatic rings. The van der Waals surface area contributed by atoms with Crippen LogP contribution in [0.2, 0.25) is 0 Å². The van der Waals surface area contributed by atoms with Crippen LogP contribution in [0.5, 0.6) is 0 Å². The van der Waals surface area contributed by atoms with Gasteiger partial charge in [0.15, 0.2) is 11.2 Å². The molecule has 0 saturated carbocycles. The predicted molar refractivity (Wildman–Crippen MR) is 101 cm³/mol. The third kappa shape index (κ3) is 6.66. The zero-order chi connectivity index (χ0) is 20.6. The number of aromatic nitrogens is 4. The fraction of sp³-hybridized carbons (Fsp3) is 0.667. The summed E-state index contributed by atoms with van der Waals surface area (Å²) in [5.41, 5.74) is 5.56. The molecule has 12 nitrogen and oxygen atoms in total. The van der Waals surface area contributed by atoms with Crippen LogP contribution >= 0.6 is 7.60 Å². The van der Waals surface area contributed by atoms with Crippen molar-refractivity contribution in [2.45, 2.75) is 26.0 Å². The molecule has 2 heterocycles. The maximum Gasteiger partial charge on any atom is 0.353 e. The summed E-state index contributed by atoms with van der Waals surface area (Å²) in [5.74, 6) is -0.0363. The highest BCUT2D eigenvalue weighted by molar-refractivity contribution is 7.52. The molecule has 1 unspecified atom stereocenters. The Hall–Kier alpha value is -1.82. The molecule has 0 radical (unpaired) electrons. The van der Waals surface area contributed by atoms with E-state index < -0.39 is 25.6 Å². The summed E-state index contributed by atoms with van der Waals surface area (Å²) in [6.45, 7) is 3.13. The van der Waals surface area contributed by atoms with Crippen molar-refractivity contribution in [1.82, 2.24) is 19.5 Å². The molecule has 0 spiro atoms. The van der Waals surface area contributed by atoms with E-state index >= 15 is 0 Å². The first kappa shape index (κ1) is 22.5. The van der Waals surface area contributed by atoms with E-state index in [1.807, 2.05) is 6.92 Å². The van der Waals surface area contributed by atoms with E-state index in [0.717, 1.165) is 0 Å². The molecule has 158 valence electrons. The van der Waals surface area contributed by atoms with Gasteiger partial charge in [-0.15, -0.1) is 0 Å². The number of rotatable bonds is 13. The van der Waals surface area contributed by atoms with Crippen molar-refractivity contribution in [2.75, 3.05) is 45.6 Å². The Bertz CT molecular complexity index is 855. The number of methoxy groups -OCH3 is 1. The molecule has 0 aliphatic heterocycles. The van der Waals surface area contributed by atoms with Crippen LogP contribution in [0.25, 0.3) is 11.2 Å². The van der Waals surface area contributed by atoms with E-state index in [1.165, 1.54) is 13.4 Å². The summed E-state index contributed by atoms with van der Waals surface area (Å²) in [6, 6.07) is 0. The van der Waals surface area contributed by atoms with Gasteiger partial charge in [-0.3, -0.25) is 14.3 Å². The lowest BCUT2D eigenvalue weighted by Gasteiger charge is -2.20. The second kappa shape index (κ2) is 10.6. The van der Waals surface area contributed by atoms with Crippen molar-refractivity contribution >= 4 is 24.7 Å². The highest BCUT2D eigenvalue weighted by Gasteiger charge is 2.23. The molecule has 0 bridgehead atoms. The molecular weight excluding hydrogens is 393 g/mol. The van der Waals surface area contributed by atoms with Crippen LogP contribution in [0, 0.1) is 0 Å². The Morgan fingerprint density at radius 3 is 2.93 bits per heavy atom. The van der Waals surface area contributed by atoms with E-state index in [-0.39, 0.29) is 36.9 Å². The lowest BCUT2D eigenvalue weighted by atomic mass is 10.3. The number of imidazole rings is 1. The minimum atomic E-state index is -3.92. The smallest absolute Gasteiger partial charge is 0.353 e. The zero-order valence-corrected chi connectivity index (χ0v) is 16.8. The number of nitrogens with two attached hydrogens (primary N) is 1. The topological polar surface area (TPSA) is 164 Å². The van der Waals surface area contributed by atoms with Crippen LogP contribution in [0.4, 0.5) is 5.95 Å². The Labute approximate surface area is 161 Å². The van der Waals surface area contributed by atoms with Gasteiger partial charge in [-0.25, -0.2) is 4.98 Å². The number of aromatic amines is 1. The van der Waals surface area contributed by atoms with E-state index in [0.29, 0.717) is 19.6 Å². The minimum absolute atomic E-state index is 0.0363. The molecule has 28 heavy (non-hydrogen) atoms. The average Bonchev–Trinajstić information content (AvgIpc) is 3.04. The number of nitrogens with zero attached hydrogens (tertiary/aromatic N) is 3. The lowest BCUT2D eigenvalue weighted by molar-refractivity contribution is -0.00976. The monoisotopic (exact) mass is 419 g/mol. The summed E-state index contributed by atoms with van der Waals surface area (Å²) in [6.07, 6.45) is 0.823. The molecule has 0 aromatic carbocycles. The van der Waals surface area contributed by atoms with Crippen molar-refractivity contribution in [1.29, 1.82) is 0 Å². The molecule has 0 fully saturated rings. The summed E-state index contributed by atoms with van der Waals surface area (Å²) >= 11 is 0. The molecule has 0 aliphatic rings. The van der Waals surface area contributed by atoms with E-state index in [9.17, 15) is 14.3 Å². The molecular formula is C15H26N5O7P. The number of anilines is 1. The van der Waals surface area contributed by atoms with Gasteiger partial charge in [0, 0.05) is 20.3 Å². The highest BCUT2D eigenvalue weighted by Crippen LogP contribution is 2.42. The number of nitrogens with one attached hydrogen (secondary N) is 1. The summed E-state index contributed by atoms with van der Waals surface area (Å²) in [5, 5.41) is 0. The maximum atomic E-state index is 12.1. The van der Waals surface area contributed by atoms with Gasteiger partial charge in [0.25, 0.3) is 5.56 Å². The average molecular weight is 419 g/mol. The number of H-pyrrole nitrogens is 1. The third-order valence-electron chi connectivity index (χ3n) is 3.66. The van der Waals surface area contributed by atoms with Crippen molar-refractivity contribution < 1.29 is 28.2 Å². The Kier molecular flexibility index (Phi) is 8.55. The predicted octanol–water partition coefficient (Wildman–Crippen LogP) is 0.320. The standard InChI is InChI=1S/C15H26N5O7P/c1-3-25-8-11(26-10-28(22,23)27-6-4-5-24-2)7-20-9-17-12-13(20)18-15(16)19-14(12)21/h9,11H,3-8,10H2,1-2H3,(H,22,23)(H3,16,18,19,21)/t11-/m0/s1. The van der Waals surface area contributed by atoms with E-state index in [4.69, 9.17) is 24.5 Å². The molecule has 2 rings (SSSR count). The number of hydrogen-bond acceptors (Lipinski definition) is 9. The number of ether oxygens (including phenoxy) is 3. The van der Waals surface area contributed by atoms with Crippen LogP contribution < -0.4 is 11.3 Å². The van der Waals surface area contributed by atoms with E-state index in [2.05, 4.69) is 15.0 Å². The molecule has 4 N–H and O–H groups in total. The van der Waals surface area contributed by atoms with Gasteiger partial charge >= 0.3 is 7.60 Å². The fourth-order valence-corrected chi connectivity index (χ4v) is 3.26. The Balaban J connectivity index is 2.04. The van der Waals surface area contributed by atoms with Crippen molar-refractivity contribution in [3.63, 3.8) is 0 Å². The second-order valence-corrected chi connectivity index (χ2v) is 7.71. The van der Waals surface area contributed by atoms with Gasteiger partial charge in [0.05, 0.1) is 32.2 Å². The van der Waals surface area contributed by atoms with E-state index in [1.54, 1.807) is 4.57 Å². The summed E-state index contributed by atoms with van der Waals surface area (Å²) in [7, 11) is -2.38. The van der Waals surface area contributed by atoms with Crippen molar-refractivity contribution in [3.05, 3.63) is 16.7 Å². The van der Waals surface area contributed by atoms with Gasteiger partial charge in [-0.05, 0) is 13.3 Å². The molecule has 0 aliphatic carbocycles. The first-order chi connectivity index (χ1) is 13.4. The zero-order valence-electron chi connectivity index (χ0n) is 15.9. The van der Waals surface area contributed by atoms with Gasteiger partial charge in [0.2, 0.25) is 5.95 Å². The second-order valence-electron chi connectivity index (χ2n) is 5.91. The van der Waals surface area contributed by atoms with Crippen molar-refractivity contribution in [3.8, 4) is 0 Å². The normalized spacial score (nSPS) is 15.0. The third-order valence-corrected chi connectivity index (χ3v) is 4.72.